The summed E-state index contributed by atoms with van der Waals surface area (Å²) in [6, 6.07) is 11.7. The molecule has 0 spiro atoms. The molecule has 2 N–H and O–H groups in total. The van der Waals surface area contributed by atoms with Gasteiger partial charge in [0.15, 0.2) is 0 Å². The lowest BCUT2D eigenvalue weighted by Crippen LogP contribution is -1.96. The van der Waals surface area contributed by atoms with Gasteiger partial charge in [0, 0.05) is 0 Å². The summed E-state index contributed by atoms with van der Waals surface area (Å²) >= 11 is 0. The predicted octanol–water partition coefficient (Wildman–Crippen LogP) is 3.73. The molecule has 0 fully saturated rings. The van der Waals surface area contributed by atoms with Crippen molar-refractivity contribution in [2.75, 3.05) is 6.54 Å². The number of aromatic carboxylic acids is 1. The van der Waals surface area contributed by atoms with Gasteiger partial charge in [-0.05, 0) is 54.8 Å². The number of carbonyl (C=O) groups is 1. The molecule has 108 valence electrons. The monoisotopic (exact) mass is 284 g/mol. The molecule has 21 heavy (non-hydrogen) atoms. The van der Waals surface area contributed by atoms with Gasteiger partial charge in [0.05, 0.1) is 17.8 Å². The van der Waals surface area contributed by atoms with Gasteiger partial charge in [-0.2, -0.15) is 10.2 Å². The Bertz CT molecular complexity index is 664. The summed E-state index contributed by atoms with van der Waals surface area (Å²) in [7, 11) is 0. The van der Waals surface area contributed by atoms with Gasteiger partial charge < -0.3 is 10.2 Å². The van der Waals surface area contributed by atoms with Gasteiger partial charge in [-0.1, -0.05) is 12.1 Å². The highest BCUT2D eigenvalue weighted by Crippen LogP contribution is 2.23. The van der Waals surface area contributed by atoms with E-state index in [0.29, 0.717) is 13.0 Å². The Labute approximate surface area is 122 Å². The van der Waals surface area contributed by atoms with Crippen molar-refractivity contribution in [1.29, 1.82) is 0 Å². The van der Waals surface area contributed by atoms with E-state index in [-0.39, 0.29) is 11.3 Å². The van der Waals surface area contributed by atoms with Crippen LogP contribution in [0.4, 0.5) is 5.69 Å². The number of azo groups is 1. The Morgan fingerprint density at radius 2 is 1.86 bits per heavy atom. The van der Waals surface area contributed by atoms with Gasteiger partial charge in [-0.15, -0.1) is 0 Å². The van der Waals surface area contributed by atoms with E-state index in [1.54, 1.807) is 42.5 Å². The zero-order valence-electron chi connectivity index (χ0n) is 11.7. The largest absolute Gasteiger partial charge is 0.508 e. The van der Waals surface area contributed by atoms with E-state index in [4.69, 9.17) is 5.11 Å². The highest BCUT2D eigenvalue weighted by atomic mass is 16.4. The Balaban J connectivity index is 1.91. The molecule has 0 radical (unpaired) electrons. The van der Waals surface area contributed by atoms with E-state index in [1.165, 1.54) is 0 Å². The molecule has 0 atom stereocenters. The van der Waals surface area contributed by atoms with Crippen LogP contribution in [-0.4, -0.2) is 22.7 Å². The number of aryl methyl sites for hydroxylation is 1. The van der Waals surface area contributed by atoms with Crippen molar-refractivity contribution in [1.82, 2.24) is 0 Å². The highest BCUT2D eigenvalue weighted by Gasteiger charge is 2.01. The molecule has 0 saturated carbocycles. The van der Waals surface area contributed by atoms with E-state index >= 15 is 0 Å². The minimum absolute atomic E-state index is 0.213. The zero-order chi connectivity index (χ0) is 15.2. The van der Waals surface area contributed by atoms with Crippen LogP contribution in [0.1, 0.15) is 21.5 Å². The minimum Gasteiger partial charge on any atom is -0.508 e. The summed E-state index contributed by atoms with van der Waals surface area (Å²) in [5, 5.41) is 26.4. The van der Waals surface area contributed by atoms with E-state index in [1.807, 2.05) is 6.92 Å². The van der Waals surface area contributed by atoms with Crippen LogP contribution < -0.4 is 0 Å². The topological polar surface area (TPSA) is 82.2 Å². The van der Waals surface area contributed by atoms with Crippen LogP contribution in [0.5, 0.6) is 5.75 Å². The number of phenolic OH excluding ortho intramolecular Hbond substituents is 1. The van der Waals surface area contributed by atoms with Crippen LogP contribution in [-0.2, 0) is 6.42 Å². The van der Waals surface area contributed by atoms with Crippen molar-refractivity contribution < 1.29 is 15.0 Å². The number of aromatic hydroxyl groups is 1. The number of rotatable bonds is 5. The molecule has 0 heterocycles. The predicted molar refractivity (Wildman–Crippen MR) is 79.3 cm³/mol. The summed E-state index contributed by atoms with van der Waals surface area (Å²) in [4.78, 5) is 10.7. The van der Waals surface area contributed by atoms with Crippen molar-refractivity contribution >= 4 is 11.7 Å². The third-order valence-electron chi connectivity index (χ3n) is 3.06. The minimum atomic E-state index is -0.927. The fourth-order valence-electron chi connectivity index (χ4n) is 1.87. The van der Waals surface area contributed by atoms with Gasteiger partial charge >= 0.3 is 5.97 Å². The van der Waals surface area contributed by atoms with E-state index in [9.17, 15) is 9.90 Å². The second kappa shape index (κ2) is 6.65. The molecule has 5 heteroatoms. The molecule has 5 nitrogen and oxygen atoms in total. The quantitative estimate of drug-likeness (QED) is 0.821. The summed E-state index contributed by atoms with van der Waals surface area (Å²) < 4.78 is 0. The van der Waals surface area contributed by atoms with Crippen LogP contribution >= 0.6 is 0 Å². The van der Waals surface area contributed by atoms with Crippen molar-refractivity contribution in [2.45, 2.75) is 13.3 Å². The standard InChI is InChI=1S/C16H16N2O3/c1-11-10-14(19)6-7-15(11)18-17-9-8-12-2-4-13(5-3-12)16(20)21/h2-7,10,19H,8-9H2,1H3,(H,20,21). The SMILES string of the molecule is Cc1cc(O)ccc1N=NCCc1ccc(C(=O)O)cc1. The third-order valence-corrected chi connectivity index (χ3v) is 3.06. The first-order chi connectivity index (χ1) is 10.1. The van der Waals surface area contributed by atoms with Crippen molar-refractivity contribution in [3.63, 3.8) is 0 Å². The molecule has 0 aliphatic rings. The zero-order valence-corrected chi connectivity index (χ0v) is 11.7. The Morgan fingerprint density at radius 1 is 1.14 bits per heavy atom. The smallest absolute Gasteiger partial charge is 0.335 e. The second-order valence-corrected chi connectivity index (χ2v) is 4.69. The number of hydrogen-bond donors (Lipinski definition) is 2. The van der Waals surface area contributed by atoms with Crippen LogP contribution in [0.15, 0.2) is 52.7 Å². The molecule has 2 rings (SSSR count). The number of benzene rings is 2. The maximum absolute atomic E-state index is 10.7. The average Bonchev–Trinajstić information content (AvgIpc) is 2.46. The molecule has 0 aromatic heterocycles. The lowest BCUT2D eigenvalue weighted by molar-refractivity contribution is 0.0697. The first-order valence-electron chi connectivity index (χ1n) is 6.55. The highest BCUT2D eigenvalue weighted by molar-refractivity contribution is 5.87. The molecule has 2 aromatic carbocycles. The number of phenols is 1. The van der Waals surface area contributed by atoms with Crippen molar-refractivity contribution in [2.24, 2.45) is 10.2 Å². The number of carboxylic acids is 1. The molecular weight excluding hydrogens is 268 g/mol. The first kappa shape index (κ1) is 14.7. The second-order valence-electron chi connectivity index (χ2n) is 4.69. The lowest BCUT2D eigenvalue weighted by Gasteiger charge is -2.00. The van der Waals surface area contributed by atoms with Crippen LogP contribution in [0, 0.1) is 6.92 Å². The molecule has 2 aromatic rings. The first-order valence-corrected chi connectivity index (χ1v) is 6.55. The fraction of sp³-hybridized carbons (Fsp3) is 0.188. The van der Waals surface area contributed by atoms with Crippen molar-refractivity contribution in [3.8, 4) is 5.75 Å². The van der Waals surface area contributed by atoms with E-state index < -0.39 is 5.97 Å². The molecule has 0 bridgehead atoms. The maximum Gasteiger partial charge on any atom is 0.335 e. The Morgan fingerprint density at radius 3 is 2.48 bits per heavy atom. The third kappa shape index (κ3) is 4.14. The molecule has 0 amide bonds. The van der Waals surface area contributed by atoms with Crippen LogP contribution in [0.3, 0.4) is 0 Å². The number of hydrogen-bond acceptors (Lipinski definition) is 4. The van der Waals surface area contributed by atoms with Crippen LogP contribution in [0.25, 0.3) is 0 Å². The van der Waals surface area contributed by atoms with Crippen LogP contribution in [0.2, 0.25) is 0 Å². The maximum atomic E-state index is 10.7. The molecule has 0 unspecified atom stereocenters. The van der Waals surface area contributed by atoms with Gasteiger partial charge in [0.2, 0.25) is 0 Å². The van der Waals surface area contributed by atoms with E-state index in [0.717, 1.165) is 16.8 Å². The molecule has 0 aliphatic heterocycles. The molecule has 0 aliphatic carbocycles. The average molecular weight is 284 g/mol. The molecular formula is C16H16N2O3. The van der Waals surface area contributed by atoms with Gasteiger partial charge in [0.25, 0.3) is 0 Å². The van der Waals surface area contributed by atoms with Gasteiger partial charge in [-0.25, -0.2) is 4.79 Å². The number of carboxylic acid groups (broad SMARTS) is 1. The van der Waals surface area contributed by atoms with Crippen molar-refractivity contribution in [3.05, 3.63) is 59.2 Å². The summed E-state index contributed by atoms with van der Waals surface area (Å²) in [5.41, 5.74) is 2.89. The van der Waals surface area contributed by atoms with Gasteiger partial charge in [0.1, 0.15) is 5.75 Å². The fourth-order valence-corrected chi connectivity index (χ4v) is 1.87. The Hall–Kier alpha value is -2.69. The van der Waals surface area contributed by atoms with E-state index in [2.05, 4.69) is 10.2 Å². The normalized spacial score (nSPS) is 10.9. The molecule has 0 saturated heterocycles. The summed E-state index contributed by atoms with van der Waals surface area (Å²) in [6.45, 7) is 2.38. The Kier molecular flexibility index (Phi) is 4.66. The summed E-state index contributed by atoms with van der Waals surface area (Å²) in [6.07, 6.45) is 0.695. The lowest BCUT2D eigenvalue weighted by atomic mass is 10.1. The summed E-state index contributed by atoms with van der Waals surface area (Å²) in [5.74, 6) is -0.714. The number of nitrogens with zero attached hydrogens (tertiary/aromatic N) is 2. The van der Waals surface area contributed by atoms with Gasteiger partial charge in [-0.3, -0.25) is 0 Å².